The Bertz CT molecular complexity index is 1090. The van der Waals surface area contributed by atoms with Crippen molar-refractivity contribution in [2.24, 2.45) is 4.40 Å². The summed E-state index contributed by atoms with van der Waals surface area (Å²) < 4.78 is 67.6. The third-order valence-electron chi connectivity index (χ3n) is 4.73. The Labute approximate surface area is 190 Å². The van der Waals surface area contributed by atoms with E-state index in [4.69, 9.17) is 17.5 Å². The maximum atomic E-state index is 13.3. The maximum absolute atomic E-state index is 13.3. The van der Waals surface area contributed by atoms with Gasteiger partial charge in [-0.2, -0.15) is 22.8 Å². The Hall–Kier alpha value is -2.72. The van der Waals surface area contributed by atoms with Gasteiger partial charge < -0.3 is 9.80 Å². The molecular formula is C19H22F3N5O3S2. The number of nitrogens with zero attached hydrogens (tertiary/aromatic N) is 5. The van der Waals surface area contributed by atoms with Gasteiger partial charge in [0.1, 0.15) is 11.9 Å². The normalized spacial score (nSPS) is 16.7. The van der Waals surface area contributed by atoms with Crippen molar-refractivity contribution >= 4 is 45.3 Å². The van der Waals surface area contributed by atoms with Crippen LogP contribution in [0.5, 0.6) is 0 Å². The van der Waals surface area contributed by atoms with Crippen LogP contribution in [0.15, 0.2) is 22.6 Å². The molecule has 1 amide bonds. The minimum atomic E-state index is -4.79. The van der Waals surface area contributed by atoms with Gasteiger partial charge in [-0.3, -0.25) is 9.69 Å². The van der Waals surface area contributed by atoms with Crippen molar-refractivity contribution in [2.75, 3.05) is 31.3 Å². The average molecular weight is 490 g/mol. The molecular weight excluding hydrogens is 467 g/mol. The molecule has 0 radical (unpaired) electrons. The van der Waals surface area contributed by atoms with Gasteiger partial charge in [0.15, 0.2) is 5.11 Å². The van der Waals surface area contributed by atoms with Crippen LogP contribution in [0.3, 0.4) is 0 Å². The first-order valence-corrected chi connectivity index (χ1v) is 11.4. The third-order valence-corrected chi connectivity index (χ3v) is 6.36. The minimum absolute atomic E-state index is 0.0491. The number of thiocarbonyl (C=S) groups is 1. The Balaban J connectivity index is 2.29. The molecule has 0 aromatic heterocycles. The highest BCUT2D eigenvalue weighted by Crippen LogP contribution is 2.37. The Kier molecular flexibility index (Phi) is 7.21. The van der Waals surface area contributed by atoms with Crippen LogP contribution in [-0.4, -0.2) is 67.5 Å². The highest BCUT2D eigenvalue weighted by atomic mass is 32.2. The molecule has 1 aliphatic heterocycles. The number of amides is 1. The fourth-order valence-corrected chi connectivity index (χ4v) is 4.51. The standard InChI is InChI=1S/C19H22F3N5O3S2/c1-18(2)16(28)27(14-7-6-13(11-23)15(10-14)19(20,21)22)17(31)26(18)8-5-9-32(29,30)24-12-25(3)4/h6-7,10,12H,5,8-9H2,1-4H3/b24-12-. The average Bonchev–Trinajstić information content (AvgIpc) is 2.84. The minimum Gasteiger partial charge on any atom is -0.368 e. The molecule has 174 valence electrons. The Morgan fingerprint density at radius 2 is 1.94 bits per heavy atom. The lowest BCUT2D eigenvalue weighted by Crippen LogP contribution is -2.44. The van der Waals surface area contributed by atoms with Gasteiger partial charge in [-0.25, -0.2) is 8.42 Å². The van der Waals surface area contributed by atoms with Crippen molar-refractivity contribution in [1.29, 1.82) is 5.26 Å². The molecule has 1 saturated heterocycles. The van der Waals surface area contributed by atoms with Gasteiger partial charge in [0.05, 0.1) is 28.6 Å². The summed E-state index contributed by atoms with van der Waals surface area (Å²) in [5.41, 5.74) is -3.07. The summed E-state index contributed by atoms with van der Waals surface area (Å²) in [5, 5.41) is 8.92. The smallest absolute Gasteiger partial charge is 0.368 e. The molecule has 0 atom stereocenters. The highest BCUT2D eigenvalue weighted by molar-refractivity contribution is 7.90. The molecule has 0 spiro atoms. The number of nitriles is 1. The number of hydrogen-bond acceptors (Lipinski definition) is 5. The second kappa shape index (κ2) is 9.03. The molecule has 0 aliphatic carbocycles. The molecule has 8 nitrogen and oxygen atoms in total. The van der Waals surface area contributed by atoms with Crippen molar-refractivity contribution < 1.29 is 26.4 Å². The van der Waals surface area contributed by atoms with Crippen molar-refractivity contribution in [1.82, 2.24) is 9.80 Å². The van der Waals surface area contributed by atoms with Gasteiger partial charge in [-0.05, 0) is 50.7 Å². The summed E-state index contributed by atoms with van der Waals surface area (Å²) in [6, 6.07) is 4.41. The van der Waals surface area contributed by atoms with Crippen molar-refractivity contribution in [3.63, 3.8) is 0 Å². The van der Waals surface area contributed by atoms with Gasteiger partial charge in [0, 0.05) is 20.6 Å². The summed E-state index contributed by atoms with van der Waals surface area (Å²) in [4.78, 5) is 16.9. The molecule has 2 rings (SSSR count). The van der Waals surface area contributed by atoms with Crippen LogP contribution in [0.1, 0.15) is 31.4 Å². The van der Waals surface area contributed by atoms with Gasteiger partial charge in [-0.1, -0.05) is 0 Å². The van der Waals surface area contributed by atoms with E-state index >= 15 is 0 Å². The molecule has 0 saturated carbocycles. The summed E-state index contributed by atoms with van der Waals surface area (Å²) in [6.07, 6.45) is -3.53. The number of sulfonamides is 1. The lowest BCUT2D eigenvalue weighted by Gasteiger charge is -2.29. The van der Waals surface area contributed by atoms with Crippen LogP contribution in [0.2, 0.25) is 0 Å². The Morgan fingerprint density at radius 3 is 2.47 bits per heavy atom. The van der Waals surface area contributed by atoms with E-state index in [0.717, 1.165) is 17.3 Å². The zero-order valence-electron chi connectivity index (χ0n) is 17.8. The molecule has 1 fully saturated rings. The second-order valence-electron chi connectivity index (χ2n) is 7.80. The van der Waals surface area contributed by atoms with Crippen LogP contribution in [-0.2, 0) is 21.0 Å². The second-order valence-corrected chi connectivity index (χ2v) is 9.95. The third kappa shape index (κ3) is 5.36. The van der Waals surface area contributed by atoms with E-state index in [2.05, 4.69) is 4.40 Å². The summed E-state index contributed by atoms with van der Waals surface area (Å²) >= 11 is 5.36. The first-order valence-electron chi connectivity index (χ1n) is 9.34. The number of rotatable bonds is 7. The lowest BCUT2D eigenvalue weighted by atomic mass is 10.0. The van der Waals surface area contributed by atoms with E-state index in [0.29, 0.717) is 6.07 Å². The molecule has 1 aromatic rings. The maximum Gasteiger partial charge on any atom is 0.417 e. The summed E-state index contributed by atoms with van der Waals surface area (Å²) in [7, 11) is -0.483. The van der Waals surface area contributed by atoms with Crippen LogP contribution < -0.4 is 4.90 Å². The largest absolute Gasteiger partial charge is 0.417 e. The van der Waals surface area contributed by atoms with E-state index in [1.165, 1.54) is 21.9 Å². The molecule has 13 heteroatoms. The summed E-state index contributed by atoms with van der Waals surface area (Å²) in [6.45, 7) is 3.18. The number of hydrogen-bond donors (Lipinski definition) is 0. The molecule has 1 heterocycles. The fourth-order valence-electron chi connectivity index (χ4n) is 3.07. The van der Waals surface area contributed by atoms with Gasteiger partial charge >= 0.3 is 6.18 Å². The van der Waals surface area contributed by atoms with Crippen LogP contribution in [0.4, 0.5) is 18.9 Å². The summed E-state index contributed by atoms with van der Waals surface area (Å²) in [5.74, 6) is -0.857. The van der Waals surface area contributed by atoms with E-state index in [1.54, 1.807) is 27.9 Å². The first-order chi connectivity index (χ1) is 14.6. The number of benzene rings is 1. The molecule has 32 heavy (non-hydrogen) atoms. The predicted molar refractivity (Wildman–Crippen MR) is 118 cm³/mol. The lowest BCUT2D eigenvalue weighted by molar-refractivity contribution is -0.137. The zero-order valence-corrected chi connectivity index (χ0v) is 19.5. The monoisotopic (exact) mass is 489 g/mol. The van der Waals surface area contributed by atoms with Crippen molar-refractivity contribution in [2.45, 2.75) is 32.0 Å². The van der Waals surface area contributed by atoms with Gasteiger partial charge in [0.25, 0.3) is 15.9 Å². The predicted octanol–water partition coefficient (Wildman–Crippen LogP) is 2.60. The highest BCUT2D eigenvalue weighted by Gasteiger charge is 2.49. The van der Waals surface area contributed by atoms with Crippen molar-refractivity contribution in [3.05, 3.63) is 29.3 Å². The van der Waals surface area contributed by atoms with Crippen LogP contribution >= 0.6 is 12.2 Å². The van der Waals surface area contributed by atoms with E-state index in [-0.39, 0.29) is 29.5 Å². The number of carbonyl (C=O) groups excluding carboxylic acids is 1. The molecule has 0 N–H and O–H groups in total. The van der Waals surface area contributed by atoms with E-state index < -0.39 is 38.8 Å². The topological polar surface area (TPSA) is 97.1 Å². The van der Waals surface area contributed by atoms with E-state index in [1.807, 2.05) is 0 Å². The molecule has 0 unspecified atom stereocenters. The van der Waals surface area contributed by atoms with Gasteiger partial charge in [-0.15, -0.1) is 0 Å². The molecule has 1 aromatic carbocycles. The first kappa shape index (κ1) is 25.5. The molecule has 1 aliphatic rings. The van der Waals surface area contributed by atoms with Crippen molar-refractivity contribution in [3.8, 4) is 6.07 Å². The Morgan fingerprint density at radius 1 is 1.31 bits per heavy atom. The quantitative estimate of drug-likeness (QED) is 0.330. The van der Waals surface area contributed by atoms with Crippen LogP contribution in [0, 0.1) is 11.3 Å². The fraction of sp³-hybridized carbons (Fsp3) is 0.474. The zero-order chi connectivity index (χ0) is 24.5. The number of carbonyl (C=O) groups is 1. The molecule has 0 bridgehead atoms. The number of halogens is 3. The van der Waals surface area contributed by atoms with Crippen LogP contribution in [0.25, 0.3) is 0 Å². The SMILES string of the molecule is CN(C)/C=N\S(=O)(=O)CCCN1C(=S)N(c2ccc(C#N)c(C(F)(F)F)c2)C(=O)C1(C)C. The number of alkyl halides is 3. The van der Waals surface area contributed by atoms with E-state index in [9.17, 15) is 26.4 Å². The number of anilines is 1. The van der Waals surface area contributed by atoms with Gasteiger partial charge in [0.2, 0.25) is 0 Å².